The molecule has 0 bridgehead atoms. The van der Waals surface area contributed by atoms with Crippen molar-refractivity contribution in [2.24, 2.45) is 0 Å². The molecule has 0 saturated heterocycles. The number of anilines is 1. The summed E-state index contributed by atoms with van der Waals surface area (Å²) in [6.45, 7) is 4.06. The molecule has 1 aromatic rings. The highest BCUT2D eigenvalue weighted by atomic mass is 32.1. The third-order valence-electron chi connectivity index (χ3n) is 1.97. The Labute approximate surface area is 100 Å². The number of carbonyl (C=O) groups is 1. The van der Waals surface area contributed by atoms with Crippen LogP contribution >= 0.6 is 11.3 Å². The molecule has 1 aromatic heterocycles. The molecule has 0 unspecified atom stereocenters. The Kier molecular flexibility index (Phi) is 5.28. The highest BCUT2D eigenvalue weighted by Crippen LogP contribution is 2.20. The average Bonchev–Trinajstić information content (AvgIpc) is 2.66. The number of esters is 1. The lowest BCUT2D eigenvalue weighted by molar-refractivity contribution is 0.0527. The zero-order valence-electron chi connectivity index (χ0n) is 9.95. The Balaban J connectivity index is 2.42. The first-order valence-corrected chi connectivity index (χ1v) is 6.15. The minimum atomic E-state index is -0.251. The number of thiophene rings is 1. The number of ether oxygens (including phenoxy) is 1. The Morgan fingerprint density at radius 2 is 2.31 bits per heavy atom. The standard InChI is InChI=1S/C11H18N2O2S/c1-4-15-11(14)9-7-10(16-8-9)12-5-6-13(2)3/h7-8,12H,4-6H2,1-3H3. The van der Waals surface area contributed by atoms with Crippen molar-refractivity contribution in [1.82, 2.24) is 4.90 Å². The van der Waals surface area contributed by atoms with Gasteiger partial charge in [-0.15, -0.1) is 11.3 Å². The molecule has 1 N–H and O–H groups in total. The maximum absolute atomic E-state index is 11.4. The summed E-state index contributed by atoms with van der Waals surface area (Å²) >= 11 is 1.52. The van der Waals surface area contributed by atoms with Gasteiger partial charge in [-0.05, 0) is 27.1 Å². The van der Waals surface area contributed by atoms with Gasteiger partial charge < -0.3 is 15.0 Å². The number of nitrogens with zero attached hydrogens (tertiary/aromatic N) is 1. The summed E-state index contributed by atoms with van der Waals surface area (Å²) in [5.74, 6) is -0.251. The van der Waals surface area contributed by atoms with Gasteiger partial charge in [0.15, 0.2) is 0 Å². The SMILES string of the molecule is CCOC(=O)c1csc(NCCN(C)C)c1. The fourth-order valence-electron chi connectivity index (χ4n) is 1.15. The summed E-state index contributed by atoms with van der Waals surface area (Å²) in [5, 5.41) is 6.08. The van der Waals surface area contributed by atoms with Gasteiger partial charge in [-0.25, -0.2) is 4.79 Å². The van der Waals surface area contributed by atoms with Crippen LogP contribution in [0.5, 0.6) is 0 Å². The number of hydrogen-bond donors (Lipinski definition) is 1. The van der Waals surface area contributed by atoms with Crippen molar-refractivity contribution < 1.29 is 9.53 Å². The smallest absolute Gasteiger partial charge is 0.339 e. The molecule has 1 rings (SSSR count). The number of rotatable bonds is 6. The van der Waals surface area contributed by atoms with E-state index in [9.17, 15) is 4.79 Å². The van der Waals surface area contributed by atoms with Gasteiger partial charge in [-0.2, -0.15) is 0 Å². The van der Waals surface area contributed by atoms with Crippen molar-refractivity contribution in [1.29, 1.82) is 0 Å². The van der Waals surface area contributed by atoms with Crippen LogP contribution in [0.3, 0.4) is 0 Å². The van der Waals surface area contributed by atoms with Gasteiger partial charge in [0, 0.05) is 18.5 Å². The molecule has 1 heterocycles. The van der Waals surface area contributed by atoms with Crippen molar-refractivity contribution in [2.75, 3.05) is 39.1 Å². The molecular formula is C11H18N2O2S. The second-order valence-electron chi connectivity index (χ2n) is 3.65. The first-order valence-electron chi connectivity index (χ1n) is 5.27. The van der Waals surface area contributed by atoms with Crippen molar-refractivity contribution in [3.63, 3.8) is 0 Å². The molecule has 0 saturated carbocycles. The second kappa shape index (κ2) is 6.50. The highest BCUT2D eigenvalue weighted by Gasteiger charge is 2.08. The molecule has 4 nitrogen and oxygen atoms in total. The molecule has 16 heavy (non-hydrogen) atoms. The van der Waals surface area contributed by atoms with Crippen LogP contribution in [-0.4, -0.2) is 44.7 Å². The number of carbonyl (C=O) groups excluding carboxylic acids is 1. The number of hydrogen-bond acceptors (Lipinski definition) is 5. The molecule has 0 spiro atoms. The van der Waals surface area contributed by atoms with Gasteiger partial charge in [0.2, 0.25) is 0 Å². The summed E-state index contributed by atoms with van der Waals surface area (Å²) in [6.07, 6.45) is 0. The first-order chi connectivity index (χ1) is 7.63. The third kappa shape index (κ3) is 4.20. The number of nitrogens with one attached hydrogen (secondary N) is 1. The monoisotopic (exact) mass is 242 g/mol. The normalized spacial score (nSPS) is 10.5. The minimum absolute atomic E-state index is 0.251. The predicted octanol–water partition coefficient (Wildman–Crippen LogP) is 1.90. The van der Waals surface area contributed by atoms with E-state index in [1.165, 1.54) is 11.3 Å². The largest absolute Gasteiger partial charge is 0.462 e. The molecule has 90 valence electrons. The van der Waals surface area contributed by atoms with E-state index in [0.717, 1.165) is 18.1 Å². The molecule has 0 aliphatic rings. The quantitative estimate of drug-likeness (QED) is 0.774. The van der Waals surface area contributed by atoms with Crippen molar-refractivity contribution >= 4 is 22.3 Å². The first kappa shape index (κ1) is 13.0. The fraction of sp³-hybridized carbons (Fsp3) is 0.545. The maximum atomic E-state index is 11.4. The van der Waals surface area contributed by atoms with Gasteiger partial charge in [0.25, 0.3) is 0 Å². The topological polar surface area (TPSA) is 41.6 Å². The molecule has 0 aliphatic heterocycles. The molecule has 0 atom stereocenters. The van der Waals surface area contributed by atoms with Crippen LogP contribution in [0.4, 0.5) is 5.00 Å². The van der Waals surface area contributed by atoms with Crippen LogP contribution in [0.1, 0.15) is 17.3 Å². The lowest BCUT2D eigenvalue weighted by atomic mass is 10.3. The molecule has 0 amide bonds. The molecular weight excluding hydrogens is 224 g/mol. The second-order valence-corrected chi connectivity index (χ2v) is 4.56. The molecule has 5 heteroatoms. The van der Waals surface area contributed by atoms with Crippen molar-refractivity contribution in [3.8, 4) is 0 Å². The van der Waals surface area contributed by atoms with E-state index >= 15 is 0 Å². The lowest BCUT2D eigenvalue weighted by Gasteiger charge is -2.09. The molecule has 0 fully saturated rings. The van der Waals surface area contributed by atoms with Crippen LogP contribution in [0.15, 0.2) is 11.4 Å². The zero-order valence-corrected chi connectivity index (χ0v) is 10.8. The Hall–Kier alpha value is -1.07. The van der Waals surface area contributed by atoms with Gasteiger partial charge >= 0.3 is 5.97 Å². The highest BCUT2D eigenvalue weighted by molar-refractivity contribution is 7.14. The minimum Gasteiger partial charge on any atom is -0.462 e. The summed E-state index contributed by atoms with van der Waals surface area (Å²) in [7, 11) is 4.06. The van der Waals surface area contributed by atoms with E-state index in [-0.39, 0.29) is 5.97 Å². The fourth-order valence-corrected chi connectivity index (χ4v) is 1.95. The van der Waals surface area contributed by atoms with Crippen molar-refractivity contribution in [3.05, 3.63) is 17.0 Å². The maximum Gasteiger partial charge on any atom is 0.339 e. The molecule has 0 aromatic carbocycles. The van der Waals surface area contributed by atoms with E-state index in [1.54, 1.807) is 6.92 Å². The van der Waals surface area contributed by atoms with Gasteiger partial charge in [-0.1, -0.05) is 0 Å². The summed E-state index contributed by atoms with van der Waals surface area (Å²) in [6, 6.07) is 1.83. The Morgan fingerprint density at radius 3 is 2.94 bits per heavy atom. The van der Waals surface area contributed by atoms with E-state index in [1.807, 2.05) is 25.5 Å². The third-order valence-corrected chi connectivity index (χ3v) is 2.86. The van der Waals surface area contributed by atoms with Crippen LogP contribution in [0.2, 0.25) is 0 Å². The molecule has 0 aliphatic carbocycles. The van der Waals surface area contributed by atoms with Gasteiger partial charge in [0.1, 0.15) is 0 Å². The number of likely N-dealkylation sites (N-methyl/N-ethyl adjacent to an activating group) is 1. The summed E-state index contributed by atoms with van der Waals surface area (Å²) in [5.41, 5.74) is 0.624. The summed E-state index contributed by atoms with van der Waals surface area (Å²) in [4.78, 5) is 13.5. The lowest BCUT2D eigenvalue weighted by Crippen LogP contribution is -2.20. The van der Waals surface area contributed by atoms with Crippen LogP contribution in [-0.2, 0) is 4.74 Å². The van der Waals surface area contributed by atoms with Gasteiger partial charge in [-0.3, -0.25) is 0 Å². The van der Waals surface area contributed by atoms with Crippen LogP contribution in [0, 0.1) is 0 Å². The zero-order chi connectivity index (χ0) is 12.0. The van der Waals surface area contributed by atoms with Crippen LogP contribution in [0.25, 0.3) is 0 Å². The van der Waals surface area contributed by atoms with Crippen LogP contribution < -0.4 is 5.32 Å². The average molecular weight is 242 g/mol. The van der Waals surface area contributed by atoms with Crippen molar-refractivity contribution in [2.45, 2.75) is 6.92 Å². The van der Waals surface area contributed by atoms with Gasteiger partial charge in [0.05, 0.1) is 17.2 Å². The Bertz CT molecular complexity index is 336. The van der Waals surface area contributed by atoms with E-state index in [4.69, 9.17) is 4.74 Å². The Morgan fingerprint density at radius 1 is 1.56 bits per heavy atom. The van der Waals surface area contributed by atoms with E-state index in [0.29, 0.717) is 12.2 Å². The van der Waals surface area contributed by atoms with E-state index < -0.39 is 0 Å². The van der Waals surface area contributed by atoms with E-state index in [2.05, 4.69) is 10.2 Å². The summed E-state index contributed by atoms with van der Waals surface area (Å²) < 4.78 is 4.92. The molecule has 0 radical (unpaired) electrons. The predicted molar refractivity (Wildman–Crippen MR) is 67.3 cm³/mol.